The molecule has 7 nitrogen and oxygen atoms in total. The lowest BCUT2D eigenvalue weighted by Crippen LogP contribution is -2.53. The second-order valence-corrected chi connectivity index (χ2v) is 8.72. The van der Waals surface area contributed by atoms with Gasteiger partial charge in [0.15, 0.2) is 0 Å². The van der Waals surface area contributed by atoms with Gasteiger partial charge >= 0.3 is 0 Å². The first kappa shape index (κ1) is 19.1. The molecule has 2 aliphatic rings. The molecule has 26 heavy (non-hydrogen) atoms. The Morgan fingerprint density at radius 1 is 1.35 bits per heavy atom. The van der Waals surface area contributed by atoms with Gasteiger partial charge in [-0.3, -0.25) is 4.79 Å². The van der Waals surface area contributed by atoms with Gasteiger partial charge in [0.2, 0.25) is 16.1 Å². The highest BCUT2D eigenvalue weighted by Gasteiger charge is 2.36. The maximum Gasteiger partial charge on any atom is 0.266 e. The molecule has 0 N–H and O–H groups in total. The molecule has 0 saturated carbocycles. The zero-order valence-corrected chi connectivity index (χ0v) is 15.8. The van der Waals surface area contributed by atoms with E-state index < -0.39 is 21.9 Å². The summed E-state index contributed by atoms with van der Waals surface area (Å²) in [6, 6.07) is 4.31. The highest BCUT2D eigenvalue weighted by Crippen LogP contribution is 2.26. The van der Waals surface area contributed by atoms with Gasteiger partial charge in [-0.25, -0.2) is 12.8 Å². The van der Waals surface area contributed by atoms with E-state index in [1.54, 1.807) is 17.9 Å². The minimum Gasteiger partial charge on any atom is -0.382 e. The van der Waals surface area contributed by atoms with E-state index in [1.165, 1.54) is 16.4 Å². The van der Waals surface area contributed by atoms with E-state index in [0.717, 1.165) is 0 Å². The molecule has 142 valence electrons. The summed E-state index contributed by atoms with van der Waals surface area (Å²) in [6.45, 7) is 2.66. The van der Waals surface area contributed by atoms with Crippen LogP contribution in [0.4, 0.5) is 4.39 Å². The number of benzene rings is 1. The van der Waals surface area contributed by atoms with Gasteiger partial charge in [-0.1, -0.05) is 22.8 Å². The summed E-state index contributed by atoms with van der Waals surface area (Å²) in [6.07, 6.45) is -0.734. The average Bonchev–Trinajstić information content (AvgIpc) is 3.10. The van der Waals surface area contributed by atoms with Crippen LogP contribution in [0.5, 0.6) is 0 Å². The molecule has 1 unspecified atom stereocenters. The summed E-state index contributed by atoms with van der Waals surface area (Å²) in [5, 5.41) is 4.04. The zero-order chi connectivity index (χ0) is 18.9. The van der Waals surface area contributed by atoms with Crippen molar-refractivity contribution in [3.8, 4) is 0 Å². The predicted molar refractivity (Wildman–Crippen MR) is 95.1 cm³/mol. The molecule has 1 aromatic carbocycles. The van der Waals surface area contributed by atoms with Crippen LogP contribution < -0.4 is 0 Å². The molecule has 0 spiro atoms. The first-order chi connectivity index (χ1) is 12.3. The molecule has 1 aromatic rings. The number of halogens is 2. The molecule has 0 bridgehead atoms. The Labute approximate surface area is 156 Å². The minimum atomic E-state index is -3.26. The topological polar surface area (TPSA) is 79.3 Å². The van der Waals surface area contributed by atoms with Crippen molar-refractivity contribution < 1.29 is 22.4 Å². The van der Waals surface area contributed by atoms with Crippen molar-refractivity contribution in [2.24, 2.45) is 5.16 Å². The summed E-state index contributed by atoms with van der Waals surface area (Å²) in [5.74, 6) is -0.774. The minimum absolute atomic E-state index is 0.0350. The van der Waals surface area contributed by atoms with E-state index in [-0.39, 0.29) is 54.8 Å². The lowest BCUT2D eigenvalue weighted by molar-refractivity contribution is -0.143. The number of hydrogen-bond acceptors (Lipinski definition) is 5. The van der Waals surface area contributed by atoms with Gasteiger partial charge in [0.25, 0.3) is 5.91 Å². The maximum atomic E-state index is 14.0. The normalized spacial score (nSPS) is 21.4. The zero-order valence-electron chi connectivity index (χ0n) is 14.2. The van der Waals surface area contributed by atoms with Crippen molar-refractivity contribution in [3.05, 3.63) is 34.6 Å². The lowest BCUT2D eigenvalue weighted by Gasteiger charge is -2.34. The molecule has 0 radical (unpaired) electrons. The molecule has 1 saturated heterocycles. The van der Waals surface area contributed by atoms with E-state index in [1.807, 2.05) is 0 Å². The highest BCUT2D eigenvalue weighted by molar-refractivity contribution is 7.89. The first-order valence-corrected chi connectivity index (χ1v) is 10.3. The Kier molecular flexibility index (Phi) is 5.50. The Hall–Kier alpha value is -1.71. The van der Waals surface area contributed by atoms with Gasteiger partial charge in [-0.15, -0.1) is 0 Å². The number of carbonyl (C=O) groups is 1. The van der Waals surface area contributed by atoms with Gasteiger partial charge in [-0.2, -0.15) is 4.31 Å². The molecule has 0 aromatic heterocycles. The number of nitrogens with zero attached hydrogens (tertiary/aromatic N) is 3. The number of carbonyl (C=O) groups excluding carboxylic acids is 1. The Bertz CT molecular complexity index is 818. The largest absolute Gasteiger partial charge is 0.382 e. The van der Waals surface area contributed by atoms with Crippen LogP contribution in [-0.2, 0) is 19.7 Å². The van der Waals surface area contributed by atoms with E-state index in [4.69, 9.17) is 16.4 Å². The van der Waals surface area contributed by atoms with Crippen molar-refractivity contribution in [3.63, 3.8) is 0 Å². The third-order valence-corrected chi connectivity index (χ3v) is 6.70. The summed E-state index contributed by atoms with van der Waals surface area (Å²) < 4.78 is 39.1. The summed E-state index contributed by atoms with van der Waals surface area (Å²) in [4.78, 5) is 19.4. The fourth-order valence-electron chi connectivity index (χ4n) is 3.00. The highest BCUT2D eigenvalue weighted by atomic mass is 35.5. The molecule has 1 atom stereocenters. The molecule has 0 aliphatic carbocycles. The van der Waals surface area contributed by atoms with Crippen LogP contribution in [0.15, 0.2) is 23.4 Å². The number of piperazine rings is 1. The number of sulfonamides is 1. The maximum absolute atomic E-state index is 14.0. The Morgan fingerprint density at radius 3 is 2.65 bits per heavy atom. The van der Waals surface area contributed by atoms with Gasteiger partial charge in [0, 0.05) is 32.6 Å². The number of hydrogen-bond donors (Lipinski definition) is 0. The Morgan fingerprint density at radius 2 is 2.04 bits per heavy atom. The Balaban J connectivity index is 1.62. The summed E-state index contributed by atoms with van der Waals surface area (Å²) >= 11 is 6.02. The fraction of sp³-hybridized carbons (Fsp3) is 0.500. The first-order valence-electron chi connectivity index (χ1n) is 8.27. The molecule has 10 heteroatoms. The smallest absolute Gasteiger partial charge is 0.266 e. The average molecular weight is 404 g/mol. The molecule has 1 fully saturated rings. The number of oxime groups is 1. The standard InChI is InChI=1S/C16H19ClFN3O4S/c1-2-26(23,24)21-8-6-20(7-9-21)16(22)14-10-13(19-25-14)15-11(17)4-3-5-12(15)18/h3-5,14H,2,6-10H2,1H3. The molecule has 3 rings (SSSR count). The third kappa shape index (κ3) is 3.70. The molecular formula is C16H19ClFN3O4S. The number of amides is 1. The van der Waals surface area contributed by atoms with E-state index in [9.17, 15) is 17.6 Å². The fourth-order valence-corrected chi connectivity index (χ4v) is 4.36. The molecule has 1 amide bonds. The van der Waals surface area contributed by atoms with Gasteiger partial charge in [0.05, 0.1) is 22.1 Å². The van der Waals surface area contributed by atoms with Crippen LogP contribution in [0.1, 0.15) is 18.9 Å². The second kappa shape index (κ2) is 7.50. The summed E-state index contributed by atoms with van der Waals surface area (Å²) in [5.41, 5.74) is 0.432. The van der Waals surface area contributed by atoms with Crippen molar-refractivity contribution in [2.75, 3.05) is 31.9 Å². The van der Waals surface area contributed by atoms with Crippen LogP contribution in [0, 0.1) is 5.82 Å². The van der Waals surface area contributed by atoms with E-state index in [2.05, 4.69) is 5.16 Å². The lowest BCUT2D eigenvalue weighted by atomic mass is 10.0. The molecular weight excluding hydrogens is 385 g/mol. The third-order valence-electron chi connectivity index (χ3n) is 4.50. The van der Waals surface area contributed by atoms with Crippen LogP contribution >= 0.6 is 11.6 Å². The van der Waals surface area contributed by atoms with Crippen LogP contribution in [0.2, 0.25) is 5.02 Å². The van der Waals surface area contributed by atoms with Crippen LogP contribution in [0.3, 0.4) is 0 Å². The van der Waals surface area contributed by atoms with Gasteiger partial charge in [0.1, 0.15) is 5.82 Å². The van der Waals surface area contributed by atoms with E-state index in [0.29, 0.717) is 5.71 Å². The second-order valence-electron chi connectivity index (χ2n) is 6.06. The van der Waals surface area contributed by atoms with Crippen molar-refractivity contribution in [1.82, 2.24) is 9.21 Å². The van der Waals surface area contributed by atoms with Crippen molar-refractivity contribution in [2.45, 2.75) is 19.4 Å². The number of rotatable bonds is 4. The molecule has 2 heterocycles. The SMILES string of the molecule is CCS(=O)(=O)N1CCN(C(=O)C2CC(c3c(F)cccc3Cl)=NO2)CC1. The van der Waals surface area contributed by atoms with Gasteiger partial charge in [-0.05, 0) is 19.1 Å². The van der Waals surface area contributed by atoms with Crippen molar-refractivity contribution >= 4 is 33.2 Å². The van der Waals surface area contributed by atoms with E-state index >= 15 is 0 Å². The van der Waals surface area contributed by atoms with Crippen molar-refractivity contribution in [1.29, 1.82) is 0 Å². The quantitative estimate of drug-likeness (QED) is 0.762. The van der Waals surface area contributed by atoms with Crippen LogP contribution in [0.25, 0.3) is 0 Å². The predicted octanol–water partition coefficient (Wildman–Crippen LogP) is 1.47. The monoisotopic (exact) mass is 403 g/mol. The van der Waals surface area contributed by atoms with Crippen LogP contribution in [-0.4, -0.2) is 67.3 Å². The molecule has 2 aliphatic heterocycles. The van der Waals surface area contributed by atoms with Gasteiger partial charge < -0.3 is 9.74 Å². The summed E-state index contributed by atoms with van der Waals surface area (Å²) in [7, 11) is -3.26.